The Bertz CT molecular complexity index is 606. The zero-order chi connectivity index (χ0) is 13.8. The van der Waals surface area contributed by atoms with Crippen molar-refractivity contribution in [3.8, 4) is 0 Å². The third kappa shape index (κ3) is 3.15. The summed E-state index contributed by atoms with van der Waals surface area (Å²) in [5.41, 5.74) is 1.31. The molecule has 1 aromatic heterocycles. The quantitative estimate of drug-likeness (QED) is 0.663. The van der Waals surface area contributed by atoms with E-state index in [-0.39, 0.29) is 16.5 Å². The zero-order valence-corrected chi connectivity index (χ0v) is 10.5. The molecule has 0 radical (unpaired) electrons. The van der Waals surface area contributed by atoms with Gasteiger partial charge in [0.05, 0.1) is 16.4 Å². The lowest BCUT2D eigenvalue weighted by atomic mass is 10.2. The molecule has 0 unspecified atom stereocenters. The van der Waals surface area contributed by atoms with Gasteiger partial charge in [0.25, 0.3) is 5.91 Å². The smallest absolute Gasteiger partial charge is 0.324 e. The number of hydrogen-bond donors (Lipinski definition) is 2. The molecule has 0 atom stereocenters. The van der Waals surface area contributed by atoms with Crippen LogP contribution in [0.4, 0.5) is 10.7 Å². The number of nitrogens with zero attached hydrogens (tertiary/aromatic N) is 1. The lowest BCUT2D eigenvalue weighted by molar-refractivity contribution is -0.380. The highest BCUT2D eigenvalue weighted by Crippen LogP contribution is 2.24. The average molecular weight is 278 g/mol. The molecule has 0 aliphatic rings. The first-order chi connectivity index (χ1) is 9.10. The van der Waals surface area contributed by atoms with E-state index in [2.05, 4.69) is 5.32 Å². The number of benzene rings is 1. The van der Waals surface area contributed by atoms with E-state index in [9.17, 15) is 14.9 Å². The van der Waals surface area contributed by atoms with E-state index in [1.165, 1.54) is 12.1 Å². The van der Waals surface area contributed by atoms with Crippen molar-refractivity contribution in [2.24, 2.45) is 0 Å². The molecule has 2 N–H and O–H groups in total. The van der Waals surface area contributed by atoms with Gasteiger partial charge in [-0.15, -0.1) is 0 Å². The molecule has 98 valence electrons. The number of hydrogen-bond acceptors (Lipinski definition) is 5. The van der Waals surface area contributed by atoms with Gasteiger partial charge in [-0.1, -0.05) is 23.5 Å². The van der Waals surface area contributed by atoms with Crippen LogP contribution in [0.25, 0.3) is 0 Å². The average Bonchev–Trinajstić information content (AvgIpc) is 2.89. The fraction of sp³-hybridized carbons (Fsp3) is 0.0833. The van der Waals surface area contributed by atoms with Crippen LogP contribution in [0.2, 0.25) is 0 Å². The highest BCUT2D eigenvalue weighted by molar-refractivity contribution is 7.17. The number of nitrogens with one attached hydrogen (secondary N) is 1. The Morgan fingerprint density at radius 1 is 1.26 bits per heavy atom. The molecule has 1 aromatic carbocycles. The number of aliphatic hydroxyl groups is 1. The first-order valence-corrected chi connectivity index (χ1v) is 6.17. The van der Waals surface area contributed by atoms with Gasteiger partial charge >= 0.3 is 5.00 Å². The van der Waals surface area contributed by atoms with E-state index in [1.807, 2.05) is 0 Å². The van der Waals surface area contributed by atoms with Crippen LogP contribution in [0, 0.1) is 10.1 Å². The van der Waals surface area contributed by atoms with Crippen LogP contribution in [0.1, 0.15) is 15.2 Å². The fourth-order valence-electron chi connectivity index (χ4n) is 1.43. The summed E-state index contributed by atoms with van der Waals surface area (Å²) in [5.74, 6) is -0.394. The van der Waals surface area contributed by atoms with Crippen molar-refractivity contribution >= 4 is 27.9 Å². The number of rotatable bonds is 4. The standard InChI is InChI=1S/C12H10N2O4S/c15-7-8-1-3-9(4-2-8)13-12(16)10-5-6-11(19-10)14(17)18/h1-6,15H,7H2,(H,13,16). The molecular formula is C12H10N2O4S. The van der Waals surface area contributed by atoms with Crippen molar-refractivity contribution < 1.29 is 14.8 Å². The summed E-state index contributed by atoms with van der Waals surface area (Å²) in [5, 5.41) is 22.0. The van der Waals surface area contributed by atoms with E-state index in [0.717, 1.165) is 16.9 Å². The molecule has 1 amide bonds. The van der Waals surface area contributed by atoms with Crippen LogP contribution in [-0.2, 0) is 6.61 Å². The summed E-state index contributed by atoms with van der Waals surface area (Å²) in [6.07, 6.45) is 0. The van der Waals surface area contributed by atoms with Gasteiger partial charge in [-0.3, -0.25) is 14.9 Å². The Kier molecular flexibility index (Phi) is 3.88. The predicted octanol–water partition coefficient (Wildman–Crippen LogP) is 2.40. The van der Waals surface area contributed by atoms with Crippen LogP contribution in [-0.4, -0.2) is 15.9 Å². The van der Waals surface area contributed by atoms with E-state index in [0.29, 0.717) is 5.69 Å². The van der Waals surface area contributed by atoms with E-state index < -0.39 is 10.8 Å². The van der Waals surface area contributed by atoms with Crippen molar-refractivity contribution in [1.29, 1.82) is 0 Å². The minimum absolute atomic E-state index is 0.0641. The molecule has 0 aliphatic heterocycles. The minimum Gasteiger partial charge on any atom is -0.392 e. The topological polar surface area (TPSA) is 92.5 Å². The van der Waals surface area contributed by atoms with Gasteiger partial charge in [-0.25, -0.2) is 0 Å². The second-order valence-electron chi connectivity index (χ2n) is 3.70. The Balaban J connectivity index is 2.08. The SMILES string of the molecule is O=C(Nc1ccc(CO)cc1)c1ccc([N+](=O)[O-])s1. The maximum Gasteiger partial charge on any atom is 0.324 e. The molecule has 19 heavy (non-hydrogen) atoms. The molecule has 2 rings (SSSR count). The summed E-state index contributed by atoms with van der Waals surface area (Å²) in [4.78, 5) is 22.1. The molecule has 0 saturated carbocycles. The molecule has 0 aliphatic carbocycles. The molecule has 0 bridgehead atoms. The molecule has 0 saturated heterocycles. The molecule has 0 fully saturated rings. The largest absolute Gasteiger partial charge is 0.392 e. The van der Waals surface area contributed by atoms with Crippen molar-refractivity contribution in [3.05, 3.63) is 57.0 Å². The third-order valence-electron chi connectivity index (χ3n) is 2.39. The Morgan fingerprint density at radius 3 is 2.47 bits per heavy atom. The molecule has 0 spiro atoms. The first-order valence-electron chi connectivity index (χ1n) is 5.35. The summed E-state index contributed by atoms with van der Waals surface area (Å²) in [7, 11) is 0. The Morgan fingerprint density at radius 2 is 1.95 bits per heavy atom. The number of anilines is 1. The van der Waals surface area contributed by atoms with Crippen molar-refractivity contribution in [3.63, 3.8) is 0 Å². The number of amides is 1. The summed E-state index contributed by atoms with van der Waals surface area (Å²) in [6.45, 7) is -0.0641. The highest BCUT2D eigenvalue weighted by Gasteiger charge is 2.15. The van der Waals surface area contributed by atoms with Crippen molar-refractivity contribution in [2.75, 3.05) is 5.32 Å². The molecule has 6 nitrogen and oxygen atoms in total. The predicted molar refractivity (Wildman–Crippen MR) is 71.3 cm³/mol. The second kappa shape index (κ2) is 5.59. The van der Waals surface area contributed by atoms with Gasteiger partial charge < -0.3 is 10.4 Å². The zero-order valence-electron chi connectivity index (χ0n) is 9.70. The first kappa shape index (κ1) is 13.2. The van der Waals surface area contributed by atoms with E-state index in [1.54, 1.807) is 24.3 Å². The lowest BCUT2D eigenvalue weighted by Gasteiger charge is -2.03. The van der Waals surface area contributed by atoms with E-state index >= 15 is 0 Å². The van der Waals surface area contributed by atoms with Crippen molar-refractivity contribution in [1.82, 2.24) is 0 Å². The molecule has 1 heterocycles. The van der Waals surface area contributed by atoms with Crippen LogP contribution < -0.4 is 5.32 Å². The van der Waals surface area contributed by atoms with Crippen LogP contribution in [0.5, 0.6) is 0 Å². The summed E-state index contributed by atoms with van der Waals surface area (Å²) >= 11 is 0.825. The van der Waals surface area contributed by atoms with Gasteiger partial charge in [0.2, 0.25) is 0 Å². The van der Waals surface area contributed by atoms with Crippen LogP contribution in [0.15, 0.2) is 36.4 Å². The number of nitro groups is 1. The van der Waals surface area contributed by atoms with Crippen LogP contribution >= 0.6 is 11.3 Å². The number of thiophene rings is 1. The monoisotopic (exact) mass is 278 g/mol. The van der Waals surface area contributed by atoms with Gasteiger partial charge in [0.1, 0.15) is 0 Å². The van der Waals surface area contributed by atoms with Crippen molar-refractivity contribution in [2.45, 2.75) is 6.61 Å². The van der Waals surface area contributed by atoms with Gasteiger partial charge in [-0.2, -0.15) is 0 Å². The number of aliphatic hydroxyl groups excluding tert-OH is 1. The molecule has 2 aromatic rings. The minimum atomic E-state index is -0.530. The molecule has 7 heteroatoms. The van der Waals surface area contributed by atoms with E-state index in [4.69, 9.17) is 5.11 Å². The normalized spacial score (nSPS) is 10.2. The Labute approximate surface area is 112 Å². The van der Waals surface area contributed by atoms with Gasteiger partial charge in [0.15, 0.2) is 0 Å². The number of carbonyl (C=O) groups excluding carboxylic acids is 1. The Hall–Kier alpha value is -2.25. The fourth-order valence-corrected chi connectivity index (χ4v) is 2.15. The second-order valence-corrected chi connectivity index (χ2v) is 4.77. The summed E-state index contributed by atoms with van der Waals surface area (Å²) in [6, 6.07) is 9.41. The molecular weight excluding hydrogens is 268 g/mol. The number of carbonyl (C=O) groups is 1. The lowest BCUT2D eigenvalue weighted by Crippen LogP contribution is -2.09. The van der Waals surface area contributed by atoms with Gasteiger partial charge in [0, 0.05) is 11.8 Å². The third-order valence-corrected chi connectivity index (χ3v) is 3.43. The highest BCUT2D eigenvalue weighted by atomic mass is 32.1. The maximum absolute atomic E-state index is 11.8. The summed E-state index contributed by atoms with van der Waals surface area (Å²) < 4.78 is 0. The maximum atomic E-state index is 11.8. The van der Waals surface area contributed by atoms with Crippen LogP contribution in [0.3, 0.4) is 0 Å². The van der Waals surface area contributed by atoms with Gasteiger partial charge in [-0.05, 0) is 23.8 Å².